The fourth-order valence-electron chi connectivity index (χ4n) is 2.71. The van der Waals surface area contributed by atoms with Gasteiger partial charge in [-0.1, -0.05) is 0 Å². The van der Waals surface area contributed by atoms with E-state index in [0.29, 0.717) is 6.42 Å². The number of fused-ring (bicyclic) bond motifs is 1. The maximum atomic E-state index is 11.8. The van der Waals surface area contributed by atoms with Crippen LogP contribution >= 0.6 is 11.3 Å². The predicted octanol–water partition coefficient (Wildman–Crippen LogP) is 1.55. The van der Waals surface area contributed by atoms with Gasteiger partial charge in [0.25, 0.3) is 0 Å². The van der Waals surface area contributed by atoms with Crippen LogP contribution in [0.1, 0.15) is 29.5 Å². The summed E-state index contributed by atoms with van der Waals surface area (Å²) in [6, 6.07) is 0.237. The zero-order chi connectivity index (χ0) is 15.7. The van der Waals surface area contributed by atoms with Gasteiger partial charge in [-0.15, -0.1) is 11.3 Å². The second kappa shape index (κ2) is 6.18. The van der Waals surface area contributed by atoms with E-state index in [9.17, 15) is 4.79 Å². The maximum absolute atomic E-state index is 11.8. The molecule has 0 N–H and O–H groups in total. The summed E-state index contributed by atoms with van der Waals surface area (Å²) in [5.41, 5.74) is 0.858. The number of thiazole rings is 1. The molecule has 0 unspecified atom stereocenters. The lowest BCUT2D eigenvalue weighted by molar-refractivity contribution is -0.128. The first-order valence-electron chi connectivity index (χ1n) is 7.43. The molecule has 2 aromatic heterocycles. The molecule has 0 radical (unpaired) electrons. The number of hydrogen-bond acceptors (Lipinski definition) is 5. The van der Waals surface area contributed by atoms with Crippen LogP contribution in [0, 0.1) is 0 Å². The fraction of sp³-hybridized carbons (Fsp3) is 0.533. The van der Waals surface area contributed by atoms with E-state index in [0.717, 1.165) is 36.2 Å². The minimum atomic E-state index is 0.0859. The lowest BCUT2D eigenvalue weighted by atomic mass is 10.2. The van der Waals surface area contributed by atoms with E-state index in [-0.39, 0.29) is 11.9 Å². The molecule has 3 rings (SSSR count). The number of carbonyl (C=O) groups excluding carboxylic acids is 1. The van der Waals surface area contributed by atoms with Crippen molar-refractivity contribution in [3.8, 4) is 0 Å². The molecule has 2 aromatic rings. The topological polar surface area (TPSA) is 54.3 Å². The Morgan fingerprint density at radius 2 is 2.27 bits per heavy atom. The number of amides is 1. The van der Waals surface area contributed by atoms with Gasteiger partial charge in [-0.2, -0.15) is 0 Å². The van der Waals surface area contributed by atoms with E-state index in [4.69, 9.17) is 4.98 Å². The number of nitrogens with zero attached hydrogens (tertiary/aromatic N) is 5. The van der Waals surface area contributed by atoms with Crippen molar-refractivity contribution >= 4 is 17.2 Å². The van der Waals surface area contributed by atoms with Gasteiger partial charge in [0.05, 0.1) is 24.7 Å². The molecule has 1 amide bonds. The van der Waals surface area contributed by atoms with Crippen LogP contribution in [-0.4, -0.2) is 50.9 Å². The molecule has 0 aliphatic carbocycles. The zero-order valence-electron chi connectivity index (χ0n) is 13.2. The van der Waals surface area contributed by atoms with Crippen molar-refractivity contribution in [2.75, 3.05) is 20.6 Å². The predicted molar refractivity (Wildman–Crippen MR) is 85.6 cm³/mol. The average Bonchev–Trinajstić information content (AvgIpc) is 3.11. The molecule has 1 atom stereocenters. The molecular formula is C15H21N5OS. The van der Waals surface area contributed by atoms with Gasteiger partial charge in [-0.25, -0.2) is 9.97 Å². The lowest BCUT2D eigenvalue weighted by Gasteiger charge is -2.32. The first-order chi connectivity index (χ1) is 10.5. The Morgan fingerprint density at radius 1 is 1.45 bits per heavy atom. The van der Waals surface area contributed by atoms with E-state index in [1.54, 1.807) is 30.3 Å². The van der Waals surface area contributed by atoms with Gasteiger partial charge in [0.2, 0.25) is 5.91 Å². The summed E-state index contributed by atoms with van der Waals surface area (Å²) in [4.78, 5) is 24.9. The monoisotopic (exact) mass is 319 g/mol. The summed E-state index contributed by atoms with van der Waals surface area (Å²) in [5, 5.41) is 3.14. The summed E-state index contributed by atoms with van der Waals surface area (Å²) in [5.74, 6) is 1.13. The van der Waals surface area contributed by atoms with E-state index in [2.05, 4.69) is 21.4 Å². The highest BCUT2D eigenvalue weighted by molar-refractivity contribution is 7.09. The lowest BCUT2D eigenvalue weighted by Crippen LogP contribution is -2.36. The number of aromatic nitrogens is 3. The van der Waals surface area contributed by atoms with Crippen molar-refractivity contribution in [2.45, 2.75) is 32.5 Å². The largest absolute Gasteiger partial charge is 0.348 e. The zero-order valence-corrected chi connectivity index (χ0v) is 14.0. The molecule has 0 fully saturated rings. The van der Waals surface area contributed by atoms with Gasteiger partial charge >= 0.3 is 0 Å². The highest BCUT2D eigenvalue weighted by Crippen LogP contribution is 2.26. The van der Waals surface area contributed by atoms with Crippen molar-refractivity contribution < 1.29 is 4.79 Å². The van der Waals surface area contributed by atoms with Crippen molar-refractivity contribution in [1.82, 2.24) is 24.3 Å². The van der Waals surface area contributed by atoms with Crippen LogP contribution in [0.2, 0.25) is 0 Å². The molecule has 7 heteroatoms. The Morgan fingerprint density at radius 3 is 2.95 bits per heavy atom. The molecule has 6 nitrogen and oxygen atoms in total. The normalized spacial score (nSPS) is 18.2. The van der Waals surface area contributed by atoms with E-state index < -0.39 is 0 Å². The van der Waals surface area contributed by atoms with E-state index in [1.807, 2.05) is 17.8 Å². The Bertz CT molecular complexity index is 649. The molecule has 0 spiro atoms. The highest BCUT2D eigenvalue weighted by Gasteiger charge is 2.27. The minimum absolute atomic E-state index is 0.0859. The fourth-order valence-corrected chi connectivity index (χ4v) is 3.35. The number of likely N-dealkylation sites (N-methyl/N-ethyl adjacent to an activating group) is 1. The van der Waals surface area contributed by atoms with Crippen LogP contribution in [0.15, 0.2) is 17.8 Å². The third kappa shape index (κ3) is 3.05. The summed E-state index contributed by atoms with van der Waals surface area (Å²) in [7, 11) is 3.55. The molecule has 1 aliphatic rings. The number of rotatable bonds is 4. The van der Waals surface area contributed by atoms with Gasteiger partial charge in [-0.3, -0.25) is 9.69 Å². The van der Waals surface area contributed by atoms with Crippen molar-refractivity contribution in [1.29, 1.82) is 0 Å². The quantitative estimate of drug-likeness (QED) is 0.858. The molecule has 0 saturated heterocycles. The molecule has 3 heterocycles. The highest BCUT2D eigenvalue weighted by atomic mass is 32.1. The maximum Gasteiger partial charge on any atom is 0.228 e. The summed E-state index contributed by atoms with van der Waals surface area (Å²) >= 11 is 1.69. The second-order valence-corrected chi connectivity index (χ2v) is 6.80. The smallest absolute Gasteiger partial charge is 0.228 e. The Hall–Kier alpha value is -1.73. The molecule has 118 valence electrons. The molecule has 0 aromatic carbocycles. The first kappa shape index (κ1) is 15.2. The van der Waals surface area contributed by atoms with Gasteiger partial charge in [0.1, 0.15) is 10.8 Å². The van der Waals surface area contributed by atoms with E-state index >= 15 is 0 Å². The van der Waals surface area contributed by atoms with Crippen LogP contribution < -0.4 is 0 Å². The van der Waals surface area contributed by atoms with Crippen molar-refractivity contribution in [3.63, 3.8) is 0 Å². The van der Waals surface area contributed by atoms with Crippen LogP contribution in [0.25, 0.3) is 0 Å². The number of carbonyl (C=O) groups is 1. The average molecular weight is 319 g/mol. The van der Waals surface area contributed by atoms with Crippen LogP contribution in [0.5, 0.6) is 0 Å². The van der Waals surface area contributed by atoms with Crippen LogP contribution in [0.3, 0.4) is 0 Å². The van der Waals surface area contributed by atoms with Gasteiger partial charge in [0.15, 0.2) is 0 Å². The number of imidazole rings is 1. The Kier molecular flexibility index (Phi) is 4.26. The summed E-state index contributed by atoms with van der Waals surface area (Å²) in [6.45, 7) is 4.92. The standard InChI is InChI=1S/C15H21N5OS/c1-11-15-17-12(8-14(21)18(2)3)9-20(15)6-5-19(11)10-13-16-4-7-22-13/h4,7,9,11H,5-6,8,10H2,1-3H3/t11-/m1/s1. The Balaban J connectivity index is 1.73. The summed E-state index contributed by atoms with van der Waals surface area (Å²) < 4.78 is 2.18. The second-order valence-electron chi connectivity index (χ2n) is 5.82. The molecule has 1 aliphatic heterocycles. The minimum Gasteiger partial charge on any atom is -0.348 e. The van der Waals surface area contributed by atoms with Crippen LogP contribution in [0.4, 0.5) is 0 Å². The number of hydrogen-bond donors (Lipinski definition) is 0. The van der Waals surface area contributed by atoms with Gasteiger partial charge < -0.3 is 9.47 Å². The van der Waals surface area contributed by atoms with Crippen molar-refractivity contribution in [2.24, 2.45) is 0 Å². The van der Waals surface area contributed by atoms with Gasteiger partial charge in [0, 0.05) is 45.0 Å². The van der Waals surface area contributed by atoms with Gasteiger partial charge in [-0.05, 0) is 6.92 Å². The van der Waals surface area contributed by atoms with Crippen LogP contribution in [-0.2, 0) is 24.3 Å². The molecule has 0 saturated carbocycles. The SMILES string of the molecule is C[C@@H]1c2nc(CC(=O)N(C)C)cn2CCN1Cc1nccs1. The summed E-state index contributed by atoms with van der Waals surface area (Å²) in [6.07, 6.45) is 4.24. The van der Waals surface area contributed by atoms with Crippen molar-refractivity contribution in [3.05, 3.63) is 34.3 Å². The van der Waals surface area contributed by atoms with E-state index in [1.165, 1.54) is 0 Å². The third-order valence-electron chi connectivity index (χ3n) is 4.06. The first-order valence-corrected chi connectivity index (χ1v) is 8.31. The molecule has 22 heavy (non-hydrogen) atoms. The molecule has 0 bridgehead atoms. The Labute approximate surface area is 134 Å². The third-order valence-corrected chi connectivity index (χ3v) is 4.82. The molecular weight excluding hydrogens is 298 g/mol.